The van der Waals surface area contributed by atoms with Crippen LogP contribution in [0, 0.1) is 43.9 Å². The lowest BCUT2D eigenvalue weighted by molar-refractivity contribution is -0.116. The van der Waals surface area contributed by atoms with Gasteiger partial charge in [-0.15, -0.1) is 0 Å². The number of benzene rings is 5. The van der Waals surface area contributed by atoms with E-state index < -0.39 is 69.6 Å². The number of carbonyl (C=O) groups excluding carboxylic acids is 4. The molecule has 0 saturated heterocycles. The Morgan fingerprint density at radius 1 is 0.352 bits per heavy atom. The monoisotopic (exact) mass is 2030 g/mol. The molecular weight excluding hydrogens is 1880 g/mol. The number of nitrogens with one attached hydrogen (secondary N) is 3. The first-order valence-corrected chi connectivity index (χ1v) is 62.1. The number of aryl methyl sites for hydroxylation is 5. The lowest BCUT2D eigenvalue weighted by atomic mass is 9.86. The number of hydrogen-bond acceptors (Lipinski definition) is 21. The van der Waals surface area contributed by atoms with Gasteiger partial charge in [0.15, 0.2) is 51.7 Å². The van der Waals surface area contributed by atoms with Gasteiger partial charge in [-0.05, 0) is 399 Å². The largest absolute Gasteiger partial charge is 0.454 e. The van der Waals surface area contributed by atoms with Crippen molar-refractivity contribution in [2.75, 3.05) is 28.7 Å². The van der Waals surface area contributed by atoms with Crippen molar-refractivity contribution in [1.82, 2.24) is 0 Å². The molecule has 10 aliphatic carbocycles. The SMILES string of the molecule is C[C@H](c1ccc2c(c1CC(=O)CS(=N)(=O)c1cc(C(C)(C)O)co1)CCC2)C1CC1.C[C@H](c1ccc2c(c1CC(=O)CS(=O)(=N[Si](C)(C)C(C)(C)C)c1cc(C(C)(C)O)co1)CCC2)C1CC1.C[C@H](c1ccc2c(c1CC(=O)C[S@@](=N)(=O)c1cc(C(C)(C)O)co1)CCC2)C1CC1.C[C@H](c1ccc2c(c1CC(=O)C[S@](=N)(=O)c1cc(C(C)(C)O)co1)CCC2)C1CC1.C[C@H](c1ccc2c(c1N)CCC2)C1CC1. The number of nitrogen functional groups attached to an aromatic ring is 1. The van der Waals surface area contributed by atoms with Crippen LogP contribution in [-0.4, -0.2) is 91.6 Å². The van der Waals surface area contributed by atoms with Crippen LogP contribution in [0.2, 0.25) is 18.1 Å². The Morgan fingerprint density at radius 2 is 0.570 bits per heavy atom. The molecular formula is C116H157N5O16S4Si. The van der Waals surface area contributed by atoms with E-state index in [0.29, 0.717) is 81.9 Å². The van der Waals surface area contributed by atoms with Gasteiger partial charge in [-0.25, -0.2) is 31.2 Å². The van der Waals surface area contributed by atoms with E-state index in [-0.39, 0.29) is 90.8 Å². The number of Topliss-reactive ketones (excluding diaryl/α,β-unsaturated/α-hetero) is 4. The summed E-state index contributed by atoms with van der Waals surface area (Å²) in [6.07, 6.45) is 35.5. The molecule has 9 atom stereocenters. The predicted octanol–water partition coefficient (Wildman–Crippen LogP) is 24.6. The van der Waals surface area contributed by atoms with Gasteiger partial charge < -0.3 is 43.8 Å². The van der Waals surface area contributed by atoms with Gasteiger partial charge in [-0.1, -0.05) is 116 Å². The van der Waals surface area contributed by atoms with E-state index >= 15 is 0 Å². The molecule has 0 spiro atoms. The fourth-order valence-electron chi connectivity index (χ4n) is 21.9. The Morgan fingerprint density at radius 3 is 0.810 bits per heavy atom. The maximum absolute atomic E-state index is 14.6. The van der Waals surface area contributed by atoms with Crippen LogP contribution in [-0.2, 0) is 170 Å². The average Bonchev–Trinajstić information content (AvgIpc) is 0.865. The van der Waals surface area contributed by atoms with E-state index in [4.69, 9.17) is 41.8 Å². The quantitative estimate of drug-likeness (QED) is 0.0135. The van der Waals surface area contributed by atoms with Gasteiger partial charge in [0.2, 0.25) is 0 Å². The molecule has 9 aromatic rings. The van der Waals surface area contributed by atoms with Gasteiger partial charge in [-0.2, -0.15) is 0 Å². The molecule has 4 aromatic heterocycles. The van der Waals surface area contributed by atoms with E-state index in [0.717, 1.165) is 105 Å². The third-order valence-electron chi connectivity index (χ3n) is 32.8. The van der Waals surface area contributed by atoms with Crippen molar-refractivity contribution in [2.24, 2.45) is 33.6 Å². The number of nitrogens with two attached hydrogens (primary N) is 1. The fraction of sp³-hybridized carbons (Fsp3) is 0.569. The highest BCUT2D eigenvalue weighted by Gasteiger charge is 2.43. The van der Waals surface area contributed by atoms with Crippen molar-refractivity contribution in [3.63, 3.8) is 0 Å². The van der Waals surface area contributed by atoms with Crippen LogP contribution in [0.15, 0.2) is 152 Å². The molecule has 0 amide bonds. The standard InChI is InChI=1S/C30H45NO4SSi.3C24H31NO4S.C14H19N/c1-20(21-12-13-21)25-15-14-22-10-9-11-26(22)27(25)17-24(32)19-36(34,31-37(7,8)29(2,3)4)28-16-23(18-35-28)30(5,6)33;3*1-15(16-7-8-16)20-10-9-17-5-4-6-21(17)22(20)12-19(26)14-30(25,28)23-11-18(13-29-23)24(2,3)27;1-9(10-5-6-10)12-8-7-11-3-2-4-13(11)14(12)15/h14-16,18,20-21,33H,9-13,17,19H2,1-8H3;3*9-11,13,15-16,25,27H,4-8,12,14H2,1-3H3;7-10H,2-6,15H2,1H3/t20-,36?;15-,30?;15-,30+;15-,30-;9-/m00000/s1. The Bertz CT molecular complexity index is 6310. The number of anilines is 1. The van der Waals surface area contributed by atoms with Crippen LogP contribution < -0.4 is 5.73 Å². The van der Waals surface area contributed by atoms with Crippen molar-refractivity contribution in [3.8, 4) is 0 Å². The van der Waals surface area contributed by atoms with Gasteiger partial charge in [-0.3, -0.25) is 23.2 Å². The van der Waals surface area contributed by atoms with E-state index in [1.165, 1.54) is 216 Å². The summed E-state index contributed by atoms with van der Waals surface area (Å²) in [5.41, 5.74) is 29.2. The molecule has 4 heterocycles. The maximum atomic E-state index is 14.6. The molecule has 5 fully saturated rings. The van der Waals surface area contributed by atoms with Crippen LogP contribution >= 0.6 is 0 Å². The van der Waals surface area contributed by atoms with Crippen molar-refractivity contribution in [1.29, 1.82) is 14.3 Å². The molecule has 770 valence electrons. The highest BCUT2D eigenvalue weighted by Crippen LogP contribution is 2.52. The minimum absolute atomic E-state index is 0.0437. The molecule has 0 bridgehead atoms. The lowest BCUT2D eigenvalue weighted by Gasteiger charge is -2.33. The highest BCUT2D eigenvalue weighted by molar-refractivity contribution is 7.95. The van der Waals surface area contributed by atoms with E-state index in [1.807, 2.05) is 0 Å². The normalized spacial score (nSPS) is 19.4. The van der Waals surface area contributed by atoms with Crippen LogP contribution in [0.25, 0.3) is 0 Å². The second-order valence-corrected chi connectivity index (χ2v) is 60.5. The number of aliphatic hydroxyl groups is 4. The van der Waals surface area contributed by atoms with Crippen LogP contribution in [0.3, 0.4) is 0 Å². The molecule has 5 saturated carbocycles. The number of ketones is 4. The van der Waals surface area contributed by atoms with Crippen molar-refractivity contribution in [3.05, 3.63) is 238 Å². The third-order valence-corrected chi connectivity index (χ3v) is 45.8. The number of rotatable bonds is 35. The zero-order valence-electron chi connectivity index (χ0n) is 87.3. The Hall–Kier alpha value is -8.44. The van der Waals surface area contributed by atoms with Crippen LogP contribution in [0.1, 0.15) is 365 Å². The number of furan rings is 4. The van der Waals surface area contributed by atoms with Crippen LogP contribution in [0.5, 0.6) is 0 Å². The smallest absolute Gasteiger partial charge is 0.199 e. The fourth-order valence-corrected chi connectivity index (χ4v) is 31.4. The van der Waals surface area contributed by atoms with Gasteiger partial charge in [0.1, 0.15) is 38.9 Å². The second kappa shape index (κ2) is 42.1. The summed E-state index contributed by atoms with van der Waals surface area (Å²) in [5, 5.41) is 40.7. The first-order chi connectivity index (χ1) is 66.5. The van der Waals surface area contributed by atoms with Crippen molar-refractivity contribution < 1.29 is 74.1 Å². The first kappa shape index (κ1) is 108. The number of carbonyl (C=O) groups is 4. The molecule has 5 aromatic carbocycles. The minimum Gasteiger partial charge on any atom is -0.454 e. The van der Waals surface area contributed by atoms with E-state index in [9.17, 15) is 56.4 Å². The average molecular weight is 2030 g/mol. The van der Waals surface area contributed by atoms with E-state index in [2.05, 4.69) is 129 Å². The molecule has 142 heavy (non-hydrogen) atoms. The molecule has 2 unspecified atom stereocenters. The van der Waals surface area contributed by atoms with Crippen molar-refractivity contribution in [2.45, 2.75) is 387 Å². The topological polar surface area (TPSA) is 380 Å². The van der Waals surface area contributed by atoms with Gasteiger partial charge in [0, 0.05) is 77.9 Å². The predicted molar refractivity (Wildman–Crippen MR) is 566 cm³/mol. The molecule has 19 rings (SSSR count). The zero-order valence-corrected chi connectivity index (χ0v) is 91.6. The first-order valence-electron chi connectivity index (χ1n) is 52.3. The summed E-state index contributed by atoms with van der Waals surface area (Å²) in [4.78, 5) is 52.7. The van der Waals surface area contributed by atoms with Gasteiger partial charge in [0.25, 0.3) is 0 Å². The molecule has 9 N–H and O–H groups in total. The van der Waals surface area contributed by atoms with Crippen LogP contribution in [0.4, 0.5) is 5.69 Å². The second-order valence-electron chi connectivity index (χ2n) is 47.0. The third kappa shape index (κ3) is 25.5. The summed E-state index contributed by atoms with van der Waals surface area (Å²) in [7, 11) is -15.7. The molecule has 0 aliphatic heterocycles. The zero-order chi connectivity index (χ0) is 103. The van der Waals surface area contributed by atoms with Crippen molar-refractivity contribution >= 4 is 76.0 Å². The Kier molecular flexibility index (Phi) is 31.9. The molecule has 26 heteroatoms. The number of fused-ring (bicyclic) bond motifs is 5. The minimum atomic E-state index is -3.40. The molecule has 0 radical (unpaired) electrons. The molecule has 21 nitrogen and oxygen atoms in total. The lowest BCUT2D eigenvalue weighted by Crippen LogP contribution is -2.37. The van der Waals surface area contributed by atoms with E-state index in [1.54, 1.807) is 61.5 Å². The molecule has 10 aliphatic rings. The Labute approximate surface area is 846 Å². The summed E-state index contributed by atoms with van der Waals surface area (Å²) in [6.45, 7) is 34.8. The Balaban J connectivity index is 0.000000136. The van der Waals surface area contributed by atoms with Gasteiger partial charge in [0.05, 0.1) is 70.5 Å². The number of nitrogens with zero attached hydrogens (tertiary/aromatic N) is 1. The van der Waals surface area contributed by atoms with Gasteiger partial charge >= 0.3 is 0 Å². The maximum Gasteiger partial charge on any atom is 0.199 e. The summed E-state index contributed by atoms with van der Waals surface area (Å²) in [5.74, 6) is 4.19. The summed E-state index contributed by atoms with van der Waals surface area (Å²) in [6, 6.07) is 28.3. The summed E-state index contributed by atoms with van der Waals surface area (Å²) >= 11 is 0. The highest BCUT2D eigenvalue weighted by atomic mass is 32.2. The number of hydrogen-bond donors (Lipinski definition) is 8. The summed E-state index contributed by atoms with van der Waals surface area (Å²) < 4.78 is 105.